The zero-order chi connectivity index (χ0) is 15.3. The second kappa shape index (κ2) is 7.01. The van der Waals surface area contributed by atoms with Crippen LogP contribution in [0.2, 0.25) is 5.15 Å². The second-order valence-electron chi connectivity index (χ2n) is 4.47. The maximum Gasteiger partial charge on any atom is 0.245 e. The number of hydrogen-bond acceptors (Lipinski definition) is 4. The number of halogens is 1. The lowest BCUT2D eigenvalue weighted by molar-refractivity contribution is -0.121. The lowest BCUT2D eigenvalue weighted by atomic mass is 10.4. The van der Waals surface area contributed by atoms with Gasteiger partial charge in [0, 0.05) is 18.8 Å². The Morgan fingerprint density at radius 1 is 1.45 bits per heavy atom. The van der Waals surface area contributed by atoms with E-state index in [2.05, 4.69) is 10.3 Å². The van der Waals surface area contributed by atoms with Gasteiger partial charge in [0.15, 0.2) is 0 Å². The van der Waals surface area contributed by atoms with Crippen LogP contribution in [0.4, 0.5) is 0 Å². The van der Waals surface area contributed by atoms with E-state index < -0.39 is 10.0 Å². The average molecular weight is 320 g/mol. The first-order chi connectivity index (χ1) is 9.27. The van der Waals surface area contributed by atoms with Crippen molar-refractivity contribution in [1.29, 1.82) is 0 Å². The lowest BCUT2D eigenvalue weighted by Crippen LogP contribution is -2.42. The number of sulfonamides is 1. The van der Waals surface area contributed by atoms with Gasteiger partial charge in [-0.1, -0.05) is 18.5 Å². The highest BCUT2D eigenvalue weighted by Crippen LogP contribution is 2.16. The smallest absolute Gasteiger partial charge is 0.245 e. The molecule has 1 N–H and O–H groups in total. The molecule has 1 amide bonds. The van der Waals surface area contributed by atoms with E-state index in [1.54, 1.807) is 6.92 Å². The van der Waals surface area contributed by atoms with Crippen LogP contribution in [0, 0.1) is 0 Å². The number of likely N-dealkylation sites (N-methyl/N-ethyl adjacent to an activating group) is 1. The fraction of sp³-hybridized carbons (Fsp3) is 0.500. The number of nitrogens with zero attached hydrogens (tertiary/aromatic N) is 2. The molecule has 112 valence electrons. The highest BCUT2D eigenvalue weighted by molar-refractivity contribution is 7.89. The van der Waals surface area contributed by atoms with Crippen LogP contribution < -0.4 is 5.32 Å². The Morgan fingerprint density at radius 2 is 2.10 bits per heavy atom. The van der Waals surface area contributed by atoms with E-state index >= 15 is 0 Å². The van der Waals surface area contributed by atoms with Crippen molar-refractivity contribution >= 4 is 27.5 Å². The Balaban J connectivity index is 2.92. The number of amides is 1. The highest BCUT2D eigenvalue weighted by Gasteiger charge is 2.25. The van der Waals surface area contributed by atoms with Gasteiger partial charge in [-0.05, 0) is 26.0 Å². The predicted octanol–water partition coefficient (Wildman–Crippen LogP) is 1.27. The first kappa shape index (κ1) is 16.9. The van der Waals surface area contributed by atoms with Crippen molar-refractivity contribution in [3.8, 4) is 0 Å². The number of pyridine rings is 1. The summed E-state index contributed by atoms with van der Waals surface area (Å²) in [5.41, 5.74) is 0. The standard InChI is InChI=1S/C12H18ClN3O3S/c1-4-16(8-12(17)15-9(2)3)20(18,19)10-5-6-11(13)14-7-10/h5-7,9H,4,8H2,1-3H3,(H,15,17). The quantitative estimate of drug-likeness (QED) is 0.801. The van der Waals surface area contributed by atoms with Crippen LogP contribution in [0.15, 0.2) is 23.2 Å². The summed E-state index contributed by atoms with van der Waals surface area (Å²) in [6.45, 7) is 5.26. The fourth-order valence-corrected chi connectivity index (χ4v) is 3.02. The summed E-state index contributed by atoms with van der Waals surface area (Å²) in [4.78, 5) is 15.5. The van der Waals surface area contributed by atoms with Gasteiger partial charge in [0.2, 0.25) is 15.9 Å². The van der Waals surface area contributed by atoms with Gasteiger partial charge in [-0.3, -0.25) is 4.79 Å². The number of rotatable bonds is 6. The van der Waals surface area contributed by atoms with Crippen molar-refractivity contribution in [2.45, 2.75) is 31.7 Å². The van der Waals surface area contributed by atoms with Gasteiger partial charge in [-0.25, -0.2) is 13.4 Å². The zero-order valence-electron chi connectivity index (χ0n) is 11.6. The van der Waals surface area contributed by atoms with Crippen LogP contribution in [0.5, 0.6) is 0 Å². The van der Waals surface area contributed by atoms with Crippen LogP contribution >= 0.6 is 11.6 Å². The predicted molar refractivity (Wildman–Crippen MR) is 77.0 cm³/mol. The van der Waals surface area contributed by atoms with E-state index in [1.807, 2.05) is 13.8 Å². The molecule has 20 heavy (non-hydrogen) atoms. The van der Waals surface area contributed by atoms with Gasteiger partial charge in [-0.15, -0.1) is 0 Å². The summed E-state index contributed by atoms with van der Waals surface area (Å²) >= 11 is 5.63. The molecule has 0 aliphatic carbocycles. The Bertz CT molecular complexity index is 558. The first-order valence-corrected chi connectivity index (χ1v) is 8.00. The number of hydrogen-bond donors (Lipinski definition) is 1. The Kier molecular flexibility index (Phi) is 5.91. The Labute approximate surface area is 124 Å². The summed E-state index contributed by atoms with van der Waals surface area (Å²) in [7, 11) is -3.75. The van der Waals surface area contributed by atoms with Crippen molar-refractivity contribution in [2.75, 3.05) is 13.1 Å². The maximum absolute atomic E-state index is 12.4. The monoisotopic (exact) mass is 319 g/mol. The van der Waals surface area contributed by atoms with Crippen LogP contribution in [0.3, 0.4) is 0 Å². The highest BCUT2D eigenvalue weighted by atomic mass is 35.5. The van der Waals surface area contributed by atoms with Crippen molar-refractivity contribution in [2.24, 2.45) is 0 Å². The third kappa shape index (κ3) is 4.43. The van der Waals surface area contributed by atoms with Gasteiger partial charge >= 0.3 is 0 Å². The molecule has 0 spiro atoms. The van der Waals surface area contributed by atoms with Crippen molar-refractivity contribution in [1.82, 2.24) is 14.6 Å². The molecule has 1 aromatic rings. The molecule has 0 aliphatic rings. The minimum atomic E-state index is -3.75. The van der Waals surface area contributed by atoms with Gasteiger partial charge < -0.3 is 5.32 Å². The number of carbonyl (C=O) groups is 1. The normalized spacial score (nSPS) is 11.9. The molecule has 0 saturated heterocycles. The first-order valence-electron chi connectivity index (χ1n) is 6.18. The van der Waals surface area contributed by atoms with Crippen LogP contribution in [0.1, 0.15) is 20.8 Å². The van der Waals surface area contributed by atoms with Gasteiger partial charge in [-0.2, -0.15) is 4.31 Å². The third-order valence-corrected chi connectivity index (χ3v) is 4.59. The maximum atomic E-state index is 12.4. The molecular formula is C12H18ClN3O3S. The van der Waals surface area contributed by atoms with Crippen LogP contribution in [-0.2, 0) is 14.8 Å². The summed E-state index contributed by atoms with van der Waals surface area (Å²) in [6.07, 6.45) is 1.18. The van der Waals surface area contributed by atoms with Gasteiger partial charge in [0.25, 0.3) is 0 Å². The molecule has 0 bridgehead atoms. The summed E-state index contributed by atoms with van der Waals surface area (Å²) < 4.78 is 25.8. The minimum Gasteiger partial charge on any atom is -0.353 e. The van der Waals surface area contributed by atoms with Crippen molar-refractivity contribution in [3.63, 3.8) is 0 Å². The minimum absolute atomic E-state index is 0.0149. The van der Waals surface area contributed by atoms with Gasteiger partial charge in [0.1, 0.15) is 10.0 Å². The van der Waals surface area contributed by atoms with E-state index in [4.69, 9.17) is 11.6 Å². The molecule has 1 rings (SSSR count). The molecule has 0 atom stereocenters. The second-order valence-corrected chi connectivity index (χ2v) is 6.80. The Hall–Kier alpha value is -1.18. The van der Waals surface area contributed by atoms with E-state index in [-0.39, 0.29) is 35.1 Å². The van der Waals surface area contributed by atoms with Gasteiger partial charge in [0.05, 0.1) is 6.54 Å². The number of carbonyl (C=O) groups excluding carboxylic acids is 1. The topological polar surface area (TPSA) is 79.4 Å². The molecule has 0 aliphatic heterocycles. The summed E-state index contributed by atoms with van der Waals surface area (Å²) in [6, 6.07) is 2.73. The molecular weight excluding hydrogens is 302 g/mol. The molecule has 6 nitrogen and oxygen atoms in total. The average Bonchev–Trinajstić information content (AvgIpc) is 2.35. The molecule has 0 aromatic carbocycles. The molecule has 1 aromatic heterocycles. The van der Waals surface area contributed by atoms with E-state index in [0.717, 1.165) is 4.31 Å². The SMILES string of the molecule is CCN(CC(=O)NC(C)C)S(=O)(=O)c1ccc(Cl)nc1. The molecule has 0 unspecified atom stereocenters. The fourth-order valence-electron chi connectivity index (χ4n) is 1.56. The molecule has 0 saturated carbocycles. The van der Waals surface area contributed by atoms with Crippen LogP contribution in [0.25, 0.3) is 0 Å². The molecule has 0 fully saturated rings. The Morgan fingerprint density at radius 3 is 2.55 bits per heavy atom. The molecule has 1 heterocycles. The van der Waals surface area contributed by atoms with Crippen molar-refractivity contribution < 1.29 is 13.2 Å². The summed E-state index contributed by atoms with van der Waals surface area (Å²) in [5.74, 6) is -0.340. The number of nitrogens with one attached hydrogen (secondary N) is 1. The summed E-state index contributed by atoms with van der Waals surface area (Å²) in [5, 5.41) is 2.87. The van der Waals surface area contributed by atoms with E-state index in [9.17, 15) is 13.2 Å². The van der Waals surface area contributed by atoms with Crippen molar-refractivity contribution in [3.05, 3.63) is 23.5 Å². The van der Waals surface area contributed by atoms with E-state index in [0.29, 0.717) is 0 Å². The molecule has 0 radical (unpaired) electrons. The molecule has 8 heteroatoms. The number of aromatic nitrogens is 1. The third-order valence-electron chi connectivity index (χ3n) is 2.46. The van der Waals surface area contributed by atoms with E-state index in [1.165, 1.54) is 18.3 Å². The lowest BCUT2D eigenvalue weighted by Gasteiger charge is -2.20. The zero-order valence-corrected chi connectivity index (χ0v) is 13.2. The van der Waals surface area contributed by atoms with Crippen LogP contribution in [-0.4, -0.2) is 42.7 Å². The largest absolute Gasteiger partial charge is 0.353 e.